The molecule has 4 rings (SSSR count). The van der Waals surface area contributed by atoms with Gasteiger partial charge < -0.3 is 14.6 Å². The van der Waals surface area contributed by atoms with Gasteiger partial charge in [-0.3, -0.25) is 4.57 Å². The zero-order valence-corrected chi connectivity index (χ0v) is 13.2. The zero-order chi connectivity index (χ0) is 16.7. The zero-order valence-electron chi connectivity index (χ0n) is 13.2. The summed E-state index contributed by atoms with van der Waals surface area (Å²) in [6.07, 6.45) is 3.59. The number of ether oxygens (including phenoxy) is 2. The van der Waals surface area contributed by atoms with Gasteiger partial charge in [-0.25, -0.2) is 4.98 Å². The number of nitrogens with zero attached hydrogens (tertiary/aromatic N) is 3. The smallest absolute Gasteiger partial charge is 0.316 e. The van der Waals surface area contributed by atoms with Gasteiger partial charge in [0.25, 0.3) is 0 Å². The van der Waals surface area contributed by atoms with Crippen molar-refractivity contribution >= 4 is 21.7 Å². The second-order valence-corrected chi connectivity index (χ2v) is 5.38. The van der Waals surface area contributed by atoms with Crippen molar-refractivity contribution < 1.29 is 14.6 Å². The fraction of sp³-hybridized carbons (Fsp3) is 0.111. The number of methoxy groups -OCH3 is 2. The van der Waals surface area contributed by atoms with Crippen molar-refractivity contribution in [3.63, 3.8) is 0 Å². The van der Waals surface area contributed by atoms with Crippen LogP contribution >= 0.6 is 0 Å². The molecule has 2 heterocycles. The van der Waals surface area contributed by atoms with Crippen LogP contribution in [-0.2, 0) is 0 Å². The van der Waals surface area contributed by atoms with Crippen molar-refractivity contribution in [1.82, 2.24) is 14.5 Å². The molecule has 0 spiro atoms. The third-order valence-electron chi connectivity index (χ3n) is 4.00. The maximum Gasteiger partial charge on any atom is 0.316 e. The molecule has 0 aliphatic carbocycles. The highest BCUT2D eigenvalue weighted by Crippen LogP contribution is 2.33. The summed E-state index contributed by atoms with van der Waals surface area (Å²) in [5, 5.41) is 13.1. The molecule has 0 aliphatic rings. The molecule has 0 fully saturated rings. The molecule has 1 N–H and O–H groups in total. The van der Waals surface area contributed by atoms with Crippen LogP contribution in [0.4, 0.5) is 0 Å². The Morgan fingerprint density at radius 3 is 2.67 bits per heavy atom. The van der Waals surface area contributed by atoms with E-state index >= 15 is 0 Å². The van der Waals surface area contributed by atoms with Gasteiger partial charge >= 0.3 is 6.01 Å². The molecule has 0 atom stereocenters. The number of benzene rings is 2. The highest BCUT2D eigenvalue weighted by molar-refractivity contribution is 5.90. The van der Waals surface area contributed by atoms with Crippen molar-refractivity contribution in [2.24, 2.45) is 0 Å². The minimum absolute atomic E-state index is 0.165. The van der Waals surface area contributed by atoms with Crippen LogP contribution < -0.4 is 9.47 Å². The van der Waals surface area contributed by atoms with Crippen molar-refractivity contribution in [2.75, 3.05) is 14.2 Å². The molecular formula is C18H15N3O3. The first kappa shape index (κ1) is 14.3. The van der Waals surface area contributed by atoms with E-state index in [0.29, 0.717) is 11.8 Å². The number of fused-ring (bicyclic) bond motifs is 2. The Morgan fingerprint density at radius 2 is 1.88 bits per heavy atom. The predicted octanol–water partition coefficient (Wildman–Crippen LogP) is 3.30. The van der Waals surface area contributed by atoms with E-state index in [1.807, 2.05) is 42.6 Å². The maximum atomic E-state index is 10.6. The summed E-state index contributed by atoms with van der Waals surface area (Å²) >= 11 is 0. The lowest BCUT2D eigenvalue weighted by molar-refractivity contribution is 0.382. The molecule has 0 saturated carbocycles. The standard InChI is InChI=1S/C18H15N3O3/c1-23-14-5-3-11-10-21(17(22)15(11)8-14)13-4-6-16-12(7-13)9-19-18(20-16)24-2/h3-10,22H,1-2H3. The minimum Gasteiger partial charge on any atom is -0.497 e. The summed E-state index contributed by atoms with van der Waals surface area (Å²) in [6, 6.07) is 11.6. The third-order valence-corrected chi connectivity index (χ3v) is 4.00. The molecule has 6 heteroatoms. The lowest BCUT2D eigenvalue weighted by Gasteiger charge is -2.07. The third kappa shape index (κ3) is 2.20. The Kier molecular flexibility index (Phi) is 3.23. The largest absolute Gasteiger partial charge is 0.497 e. The summed E-state index contributed by atoms with van der Waals surface area (Å²) in [5.41, 5.74) is 1.60. The first-order valence-corrected chi connectivity index (χ1v) is 7.39. The van der Waals surface area contributed by atoms with E-state index in [0.717, 1.165) is 27.4 Å². The Morgan fingerprint density at radius 1 is 1.00 bits per heavy atom. The Labute approximate surface area is 137 Å². The Hall–Kier alpha value is -3.28. The predicted molar refractivity (Wildman–Crippen MR) is 91.1 cm³/mol. The van der Waals surface area contributed by atoms with Gasteiger partial charge in [0.15, 0.2) is 0 Å². The van der Waals surface area contributed by atoms with Gasteiger partial charge in [-0.15, -0.1) is 0 Å². The van der Waals surface area contributed by atoms with Crippen molar-refractivity contribution in [1.29, 1.82) is 0 Å². The highest BCUT2D eigenvalue weighted by Gasteiger charge is 2.11. The van der Waals surface area contributed by atoms with Crippen LogP contribution in [0.2, 0.25) is 0 Å². The highest BCUT2D eigenvalue weighted by atomic mass is 16.5. The van der Waals surface area contributed by atoms with E-state index < -0.39 is 0 Å². The van der Waals surface area contributed by atoms with E-state index in [9.17, 15) is 5.11 Å². The molecule has 2 aromatic carbocycles. The van der Waals surface area contributed by atoms with Crippen LogP contribution in [0.5, 0.6) is 17.6 Å². The van der Waals surface area contributed by atoms with Gasteiger partial charge in [0, 0.05) is 34.2 Å². The van der Waals surface area contributed by atoms with Crippen LogP contribution in [0.15, 0.2) is 48.8 Å². The first-order valence-electron chi connectivity index (χ1n) is 7.39. The number of rotatable bonds is 3. The average molecular weight is 321 g/mol. The van der Waals surface area contributed by atoms with Gasteiger partial charge in [-0.2, -0.15) is 4.98 Å². The summed E-state index contributed by atoms with van der Waals surface area (Å²) in [7, 11) is 3.14. The van der Waals surface area contributed by atoms with Crippen molar-refractivity contribution in [2.45, 2.75) is 0 Å². The number of aromatic hydroxyl groups is 1. The van der Waals surface area contributed by atoms with Crippen LogP contribution in [0.3, 0.4) is 0 Å². The molecule has 24 heavy (non-hydrogen) atoms. The van der Waals surface area contributed by atoms with Gasteiger partial charge in [0.05, 0.1) is 19.7 Å². The second-order valence-electron chi connectivity index (χ2n) is 5.38. The molecule has 0 radical (unpaired) electrons. The topological polar surface area (TPSA) is 69.4 Å². The van der Waals surface area contributed by atoms with Gasteiger partial charge in [0.2, 0.25) is 5.88 Å². The fourth-order valence-corrected chi connectivity index (χ4v) is 2.75. The van der Waals surface area contributed by atoms with Crippen molar-refractivity contribution in [3.05, 3.63) is 48.8 Å². The molecule has 2 aromatic heterocycles. The van der Waals surface area contributed by atoms with Crippen LogP contribution in [0.25, 0.3) is 27.4 Å². The van der Waals surface area contributed by atoms with Gasteiger partial charge in [-0.05, 0) is 36.4 Å². The number of aromatic nitrogens is 3. The molecule has 0 aliphatic heterocycles. The van der Waals surface area contributed by atoms with Crippen molar-refractivity contribution in [3.8, 4) is 23.3 Å². The van der Waals surface area contributed by atoms with Gasteiger partial charge in [-0.1, -0.05) is 0 Å². The summed E-state index contributed by atoms with van der Waals surface area (Å²) in [6.45, 7) is 0. The lowest BCUT2D eigenvalue weighted by atomic mass is 10.2. The summed E-state index contributed by atoms with van der Waals surface area (Å²) < 4.78 is 12.0. The molecule has 0 unspecified atom stereocenters. The second kappa shape index (κ2) is 5.42. The molecule has 0 bridgehead atoms. The van der Waals surface area contributed by atoms with E-state index in [1.54, 1.807) is 17.9 Å². The molecule has 6 nitrogen and oxygen atoms in total. The van der Waals surface area contributed by atoms with Gasteiger partial charge in [0.1, 0.15) is 5.75 Å². The average Bonchev–Trinajstić information content (AvgIpc) is 2.97. The Balaban J connectivity index is 1.87. The van der Waals surface area contributed by atoms with E-state index in [-0.39, 0.29) is 5.88 Å². The fourth-order valence-electron chi connectivity index (χ4n) is 2.75. The quantitative estimate of drug-likeness (QED) is 0.627. The van der Waals surface area contributed by atoms with E-state index in [2.05, 4.69) is 9.97 Å². The van der Waals surface area contributed by atoms with Crippen LogP contribution in [0, 0.1) is 0 Å². The summed E-state index contributed by atoms with van der Waals surface area (Å²) in [5.74, 6) is 0.868. The Bertz CT molecular complexity index is 1060. The normalized spacial score (nSPS) is 11.1. The lowest BCUT2D eigenvalue weighted by Crippen LogP contribution is -1.94. The minimum atomic E-state index is 0.165. The molecule has 0 amide bonds. The maximum absolute atomic E-state index is 10.6. The van der Waals surface area contributed by atoms with E-state index in [1.165, 1.54) is 7.11 Å². The van der Waals surface area contributed by atoms with Crippen LogP contribution in [0.1, 0.15) is 0 Å². The molecule has 0 saturated heterocycles. The molecule has 4 aromatic rings. The monoisotopic (exact) mass is 321 g/mol. The van der Waals surface area contributed by atoms with E-state index in [4.69, 9.17) is 9.47 Å². The summed E-state index contributed by atoms with van der Waals surface area (Å²) in [4.78, 5) is 8.42. The van der Waals surface area contributed by atoms with Crippen LogP contribution in [-0.4, -0.2) is 33.9 Å². The SMILES string of the molecule is COc1ccc2cn(-c3ccc4nc(OC)ncc4c3)c(O)c2c1. The number of hydrogen-bond acceptors (Lipinski definition) is 5. The number of hydrogen-bond donors (Lipinski definition) is 1. The molecule has 120 valence electrons. The molecular weight excluding hydrogens is 306 g/mol. The first-order chi connectivity index (χ1) is 11.7.